The van der Waals surface area contributed by atoms with Crippen molar-refractivity contribution in [2.75, 3.05) is 6.61 Å². The SMILES string of the molecule is CCOC(=O)C1=C(c2cc(Br)ccc2C)OC(=O)C1=O. The summed E-state index contributed by atoms with van der Waals surface area (Å²) in [5.74, 6) is -2.93. The van der Waals surface area contributed by atoms with Gasteiger partial charge in [0.2, 0.25) is 0 Å². The molecule has 1 aromatic rings. The molecule has 0 atom stereocenters. The summed E-state index contributed by atoms with van der Waals surface area (Å²) in [4.78, 5) is 35.0. The van der Waals surface area contributed by atoms with Gasteiger partial charge in [0, 0.05) is 10.0 Å². The second-order valence-electron chi connectivity index (χ2n) is 4.10. The molecule has 1 aromatic carbocycles. The van der Waals surface area contributed by atoms with Crippen LogP contribution >= 0.6 is 15.9 Å². The molecule has 5 nitrogen and oxygen atoms in total. The van der Waals surface area contributed by atoms with Crippen LogP contribution in [0.5, 0.6) is 0 Å². The molecule has 0 amide bonds. The zero-order valence-corrected chi connectivity index (χ0v) is 12.4. The average Bonchev–Trinajstić information content (AvgIpc) is 2.69. The lowest BCUT2D eigenvalue weighted by atomic mass is 10.0. The molecule has 20 heavy (non-hydrogen) atoms. The van der Waals surface area contributed by atoms with Gasteiger partial charge in [-0.1, -0.05) is 22.0 Å². The molecule has 1 aliphatic rings. The number of benzene rings is 1. The predicted octanol–water partition coefficient (Wildman–Crippen LogP) is 2.16. The van der Waals surface area contributed by atoms with Gasteiger partial charge in [0.15, 0.2) is 11.3 Å². The zero-order valence-electron chi connectivity index (χ0n) is 10.9. The quantitative estimate of drug-likeness (QED) is 0.480. The molecule has 1 aliphatic heterocycles. The first-order valence-corrected chi connectivity index (χ1v) is 6.69. The number of aryl methyl sites for hydroxylation is 1. The van der Waals surface area contributed by atoms with Crippen molar-refractivity contribution in [3.05, 3.63) is 39.4 Å². The fraction of sp³-hybridized carbons (Fsp3) is 0.214. The molecule has 0 N–H and O–H groups in total. The van der Waals surface area contributed by atoms with Gasteiger partial charge in [-0.2, -0.15) is 0 Å². The number of cyclic esters (lactones) is 1. The number of ketones is 1. The van der Waals surface area contributed by atoms with Crippen molar-refractivity contribution in [3.63, 3.8) is 0 Å². The molecule has 0 fully saturated rings. The maximum absolute atomic E-state index is 11.8. The van der Waals surface area contributed by atoms with Crippen LogP contribution in [-0.4, -0.2) is 24.3 Å². The number of ether oxygens (including phenoxy) is 2. The third kappa shape index (κ3) is 2.51. The van der Waals surface area contributed by atoms with Crippen molar-refractivity contribution >= 4 is 39.4 Å². The van der Waals surface area contributed by atoms with Gasteiger partial charge in [0.25, 0.3) is 5.78 Å². The van der Waals surface area contributed by atoms with E-state index in [9.17, 15) is 14.4 Å². The minimum Gasteiger partial charge on any atom is -0.462 e. The Bertz CT molecular complexity index is 645. The molecule has 0 radical (unpaired) electrons. The number of hydrogen-bond donors (Lipinski definition) is 0. The summed E-state index contributed by atoms with van der Waals surface area (Å²) in [6.45, 7) is 3.51. The van der Waals surface area contributed by atoms with E-state index in [1.54, 1.807) is 26.0 Å². The number of carbonyl (C=O) groups excluding carboxylic acids is 3. The van der Waals surface area contributed by atoms with Crippen LogP contribution in [0.3, 0.4) is 0 Å². The number of halogens is 1. The third-order valence-corrected chi connectivity index (χ3v) is 3.25. The summed E-state index contributed by atoms with van der Waals surface area (Å²) in [6, 6.07) is 5.27. The molecular formula is C14H11BrO5. The van der Waals surface area contributed by atoms with Crippen molar-refractivity contribution in [2.24, 2.45) is 0 Å². The molecule has 0 unspecified atom stereocenters. The van der Waals surface area contributed by atoms with E-state index >= 15 is 0 Å². The van der Waals surface area contributed by atoms with Crippen LogP contribution in [0.25, 0.3) is 5.76 Å². The summed E-state index contributed by atoms with van der Waals surface area (Å²) in [7, 11) is 0. The molecular weight excluding hydrogens is 328 g/mol. The summed E-state index contributed by atoms with van der Waals surface area (Å²) in [6.07, 6.45) is 0. The normalized spacial score (nSPS) is 14.6. The largest absolute Gasteiger partial charge is 0.462 e. The van der Waals surface area contributed by atoms with Crippen LogP contribution in [0.2, 0.25) is 0 Å². The van der Waals surface area contributed by atoms with Crippen LogP contribution in [0.1, 0.15) is 18.1 Å². The number of carbonyl (C=O) groups is 3. The number of hydrogen-bond acceptors (Lipinski definition) is 5. The Kier molecular flexibility index (Phi) is 4.04. The third-order valence-electron chi connectivity index (χ3n) is 2.76. The fourth-order valence-electron chi connectivity index (χ4n) is 1.81. The molecule has 104 valence electrons. The van der Waals surface area contributed by atoms with E-state index in [1.807, 2.05) is 6.07 Å². The average molecular weight is 339 g/mol. The van der Waals surface area contributed by atoms with Gasteiger partial charge in [-0.05, 0) is 31.5 Å². The molecule has 0 aliphatic carbocycles. The van der Waals surface area contributed by atoms with Gasteiger partial charge < -0.3 is 9.47 Å². The Hall–Kier alpha value is -1.95. The second kappa shape index (κ2) is 5.58. The smallest absolute Gasteiger partial charge is 0.385 e. The minimum atomic E-state index is -1.07. The number of esters is 2. The van der Waals surface area contributed by atoms with Gasteiger partial charge in [-0.3, -0.25) is 4.79 Å². The molecule has 0 aromatic heterocycles. The number of rotatable bonds is 3. The molecule has 0 saturated heterocycles. The summed E-state index contributed by atoms with van der Waals surface area (Å²) in [5, 5.41) is 0. The first-order valence-electron chi connectivity index (χ1n) is 5.90. The Balaban J connectivity index is 2.60. The minimum absolute atomic E-state index is 0.0442. The van der Waals surface area contributed by atoms with Gasteiger partial charge in [0.05, 0.1) is 6.61 Å². The maximum Gasteiger partial charge on any atom is 0.385 e. The standard InChI is InChI=1S/C14H11BrO5/c1-3-19-13(17)10-11(16)14(18)20-12(10)9-6-8(15)5-4-7(9)2/h4-6H,3H2,1-2H3. The van der Waals surface area contributed by atoms with Gasteiger partial charge in [-0.15, -0.1) is 0 Å². The fourth-order valence-corrected chi connectivity index (χ4v) is 2.17. The van der Waals surface area contributed by atoms with Crippen molar-refractivity contribution in [3.8, 4) is 0 Å². The summed E-state index contributed by atoms with van der Waals surface area (Å²) < 4.78 is 10.5. The van der Waals surface area contributed by atoms with Crippen LogP contribution < -0.4 is 0 Å². The highest BCUT2D eigenvalue weighted by molar-refractivity contribution is 9.10. The van der Waals surface area contributed by atoms with Crippen LogP contribution in [0.4, 0.5) is 0 Å². The van der Waals surface area contributed by atoms with E-state index in [-0.39, 0.29) is 17.9 Å². The first kappa shape index (κ1) is 14.5. The molecule has 2 rings (SSSR count). The zero-order chi connectivity index (χ0) is 14.9. The van der Waals surface area contributed by atoms with Gasteiger partial charge >= 0.3 is 11.9 Å². The van der Waals surface area contributed by atoms with E-state index in [0.29, 0.717) is 5.56 Å². The molecule has 1 heterocycles. The van der Waals surface area contributed by atoms with E-state index in [2.05, 4.69) is 15.9 Å². The highest BCUT2D eigenvalue weighted by Crippen LogP contribution is 2.31. The first-order chi connectivity index (χ1) is 9.45. The van der Waals surface area contributed by atoms with Gasteiger partial charge in [-0.25, -0.2) is 9.59 Å². The lowest BCUT2D eigenvalue weighted by Crippen LogP contribution is -2.17. The van der Waals surface area contributed by atoms with Crippen molar-refractivity contribution in [1.29, 1.82) is 0 Å². The van der Waals surface area contributed by atoms with Crippen molar-refractivity contribution in [1.82, 2.24) is 0 Å². The monoisotopic (exact) mass is 338 g/mol. The van der Waals surface area contributed by atoms with Crippen molar-refractivity contribution in [2.45, 2.75) is 13.8 Å². The number of Topliss-reactive ketones (excluding diaryl/α,β-unsaturated/α-hetero) is 1. The Morgan fingerprint density at radius 3 is 2.70 bits per heavy atom. The highest BCUT2D eigenvalue weighted by Gasteiger charge is 2.40. The topological polar surface area (TPSA) is 69.7 Å². The Labute approximate surface area is 123 Å². The Morgan fingerprint density at radius 2 is 2.05 bits per heavy atom. The summed E-state index contributed by atoms with van der Waals surface area (Å²) in [5.41, 5.74) is 0.923. The molecule has 0 saturated carbocycles. The second-order valence-corrected chi connectivity index (χ2v) is 5.02. The van der Waals surface area contributed by atoms with E-state index in [0.717, 1.165) is 10.0 Å². The van der Waals surface area contributed by atoms with Crippen LogP contribution in [0, 0.1) is 6.92 Å². The van der Waals surface area contributed by atoms with Crippen LogP contribution in [0.15, 0.2) is 28.2 Å². The Morgan fingerprint density at radius 1 is 1.35 bits per heavy atom. The van der Waals surface area contributed by atoms with E-state index in [1.165, 1.54) is 0 Å². The molecule has 0 bridgehead atoms. The molecule has 0 spiro atoms. The lowest BCUT2D eigenvalue weighted by molar-refractivity contribution is -0.147. The summed E-state index contributed by atoms with van der Waals surface area (Å²) >= 11 is 3.30. The maximum atomic E-state index is 11.8. The van der Waals surface area contributed by atoms with Crippen LogP contribution in [-0.2, 0) is 23.9 Å². The predicted molar refractivity (Wildman–Crippen MR) is 73.5 cm³/mol. The van der Waals surface area contributed by atoms with E-state index < -0.39 is 17.7 Å². The highest BCUT2D eigenvalue weighted by atomic mass is 79.9. The van der Waals surface area contributed by atoms with Gasteiger partial charge in [0.1, 0.15) is 0 Å². The lowest BCUT2D eigenvalue weighted by Gasteiger charge is -2.08. The molecule has 6 heteroatoms. The van der Waals surface area contributed by atoms with E-state index in [4.69, 9.17) is 9.47 Å². The van der Waals surface area contributed by atoms with Crippen molar-refractivity contribution < 1.29 is 23.9 Å².